The molecule has 346 valence electrons. The zero-order valence-corrected chi connectivity index (χ0v) is 35.0. The van der Waals surface area contributed by atoms with E-state index in [1.54, 1.807) is 51.1 Å². The lowest BCUT2D eigenvalue weighted by atomic mass is 9.70. The molecule has 6 aliphatic carbocycles. The van der Waals surface area contributed by atoms with E-state index in [-0.39, 0.29) is 58.0 Å². The lowest BCUT2D eigenvalue weighted by molar-refractivity contribution is -0.171. The Balaban J connectivity index is 0.879. The molecule has 15 nitrogen and oxygen atoms in total. The molecule has 6 saturated carbocycles. The number of esters is 1. The van der Waals surface area contributed by atoms with E-state index in [1.165, 1.54) is 0 Å². The molecule has 0 spiro atoms. The van der Waals surface area contributed by atoms with Crippen LogP contribution in [-0.2, 0) is 44.8 Å². The Morgan fingerprint density at radius 3 is 1.05 bits per heavy atom. The first-order valence-electron chi connectivity index (χ1n) is 21.3. The van der Waals surface area contributed by atoms with Crippen molar-refractivity contribution in [2.24, 2.45) is 0 Å². The van der Waals surface area contributed by atoms with Crippen molar-refractivity contribution >= 4 is 41.6 Å². The number of carbonyl (C=O) groups is 7. The lowest BCUT2D eigenvalue weighted by Crippen LogP contribution is -2.74. The minimum atomic E-state index is -2.86. The Labute approximate surface area is 358 Å². The third-order valence-electron chi connectivity index (χ3n) is 13.8. The molecule has 63 heavy (non-hydrogen) atoms. The number of benzene rings is 1. The van der Waals surface area contributed by atoms with Crippen molar-refractivity contribution in [3.05, 3.63) is 35.9 Å². The van der Waals surface area contributed by atoms with Crippen molar-refractivity contribution in [1.82, 2.24) is 31.9 Å². The average molecular weight is 899 g/mol. The fourth-order valence-corrected chi connectivity index (χ4v) is 8.66. The van der Waals surface area contributed by atoms with Crippen LogP contribution >= 0.6 is 0 Å². The summed E-state index contributed by atoms with van der Waals surface area (Å²) in [5.41, 5.74) is -16.8. The van der Waals surface area contributed by atoms with Crippen LogP contribution in [0.5, 0.6) is 0 Å². The summed E-state index contributed by atoms with van der Waals surface area (Å²) in [4.78, 5) is 90.3. The minimum Gasteiger partial charge on any atom is -0.458 e. The maximum Gasteiger partial charge on any atom is 0.407 e. The van der Waals surface area contributed by atoms with Crippen LogP contribution in [0.4, 0.5) is 31.1 Å². The highest BCUT2D eigenvalue weighted by molar-refractivity contribution is 5.96. The Morgan fingerprint density at radius 1 is 0.492 bits per heavy atom. The van der Waals surface area contributed by atoms with Crippen LogP contribution in [0.2, 0.25) is 0 Å². The summed E-state index contributed by atoms with van der Waals surface area (Å²) in [5.74, 6) is -7.98. The van der Waals surface area contributed by atoms with Crippen molar-refractivity contribution in [2.75, 3.05) is 0 Å². The number of ether oxygens (including phenoxy) is 2. The van der Waals surface area contributed by atoms with Crippen molar-refractivity contribution in [3.63, 3.8) is 0 Å². The van der Waals surface area contributed by atoms with Gasteiger partial charge in [0, 0.05) is 0 Å². The number of hydrogen-bond donors (Lipinski definition) is 6. The first-order valence-corrected chi connectivity index (χ1v) is 21.3. The predicted molar refractivity (Wildman–Crippen MR) is 207 cm³/mol. The Hall–Kier alpha value is -5.11. The van der Waals surface area contributed by atoms with E-state index in [0.29, 0.717) is 5.56 Å². The van der Waals surface area contributed by atoms with Gasteiger partial charge in [-0.1, -0.05) is 30.3 Å². The number of nitrogens with one attached hydrogen (secondary N) is 6. The molecule has 1 aromatic carbocycles. The SMILES string of the molecule is CC(C)(C)OC(=O)N[C@@H]1CC[C@]1(F)C(=O)N[C@@H]1CC[C@]1(F)C(=O)N[C@@H]1CC[C@]1(F)C(=O)N[C@@H]1CC[C@]1(F)C(=O)N[C@@H]1CC[C@]1(F)C(=O)N[C@@H]1CC[C@]1(F)C(=O)OCc1ccccc1. The summed E-state index contributed by atoms with van der Waals surface area (Å²) in [5, 5.41) is 13.1. The second-order valence-electron chi connectivity index (χ2n) is 18.8. The maximum absolute atomic E-state index is 16.1. The van der Waals surface area contributed by atoms with Crippen LogP contribution < -0.4 is 31.9 Å². The first-order chi connectivity index (χ1) is 29.4. The van der Waals surface area contributed by atoms with Gasteiger partial charge in [0.05, 0.1) is 36.3 Å². The van der Waals surface area contributed by atoms with E-state index in [4.69, 9.17) is 9.47 Å². The molecular formula is C42H52F6N6O9. The van der Waals surface area contributed by atoms with Crippen molar-refractivity contribution in [2.45, 2.75) is 180 Å². The van der Waals surface area contributed by atoms with Gasteiger partial charge in [-0.15, -0.1) is 0 Å². The zero-order valence-electron chi connectivity index (χ0n) is 35.0. The molecule has 0 unspecified atom stereocenters. The zero-order chi connectivity index (χ0) is 46.0. The fourth-order valence-electron chi connectivity index (χ4n) is 8.66. The molecule has 1 aromatic rings. The number of alkyl halides is 6. The molecular weight excluding hydrogens is 846 g/mol. The van der Waals surface area contributed by atoms with Crippen LogP contribution in [0.1, 0.15) is 103 Å². The first kappa shape index (κ1) is 45.9. The van der Waals surface area contributed by atoms with Gasteiger partial charge in [0.15, 0.2) is 0 Å². The highest BCUT2D eigenvalue weighted by Gasteiger charge is 2.65. The molecule has 0 aliphatic heterocycles. The third-order valence-corrected chi connectivity index (χ3v) is 13.8. The van der Waals surface area contributed by atoms with Gasteiger partial charge in [0.25, 0.3) is 29.5 Å². The molecule has 7 rings (SSSR count). The van der Waals surface area contributed by atoms with Crippen LogP contribution in [0.3, 0.4) is 0 Å². The molecule has 21 heteroatoms. The summed E-state index contributed by atoms with van der Waals surface area (Å²) in [6.45, 7) is 4.55. The second-order valence-corrected chi connectivity index (χ2v) is 18.8. The molecule has 0 bridgehead atoms. The number of amides is 6. The Bertz CT molecular complexity index is 2050. The maximum atomic E-state index is 16.1. The number of hydrogen-bond acceptors (Lipinski definition) is 9. The molecule has 0 radical (unpaired) electrons. The topological polar surface area (TPSA) is 210 Å². The van der Waals surface area contributed by atoms with E-state index in [0.717, 1.165) is 0 Å². The van der Waals surface area contributed by atoms with Crippen molar-refractivity contribution in [1.29, 1.82) is 0 Å². The normalized spacial score (nSPS) is 38.7. The van der Waals surface area contributed by atoms with Gasteiger partial charge in [-0.2, -0.15) is 0 Å². The summed E-state index contributed by atoms with van der Waals surface area (Å²) >= 11 is 0. The van der Waals surface area contributed by atoms with Crippen LogP contribution in [0.15, 0.2) is 30.3 Å². The van der Waals surface area contributed by atoms with E-state index in [1.807, 2.05) is 0 Å². The minimum absolute atomic E-state index is 0.00186. The number of carbonyl (C=O) groups excluding carboxylic acids is 7. The van der Waals surface area contributed by atoms with E-state index in [9.17, 15) is 33.6 Å². The highest BCUT2D eigenvalue weighted by atomic mass is 19.2. The third kappa shape index (κ3) is 8.16. The van der Waals surface area contributed by atoms with E-state index in [2.05, 4.69) is 31.9 Å². The molecule has 6 N–H and O–H groups in total. The monoisotopic (exact) mass is 898 g/mol. The molecule has 6 aliphatic rings. The molecule has 0 heterocycles. The number of halogens is 6. The van der Waals surface area contributed by atoms with E-state index >= 15 is 26.3 Å². The molecule has 0 aromatic heterocycles. The summed E-state index contributed by atoms with van der Waals surface area (Å²) in [7, 11) is 0. The van der Waals surface area contributed by atoms with Crippen molar-refractivity contribution < 1.29 is 69.4 Å². The largest absolute Gasteiger partial charge is 0.458 e. The van der Waals surface area contributed by atoms with Gasteiger partial charge in [-0.3, -0.25) is 24.0 Å². The van der Waals surface area contributed by atoms with Crippen molar-refractivity contribution in [3.8, 4) is 0 Å². The van der Waals surface area contributed by atoms with E-state index < -0.39 is 143 Å². The van der Waals surface area contributed by atoms with Crippen LogP contribution in [0, 0.1) is 0 Å². The van der Waals surface area contributed by atoms with Gasteiger partial charge in [-0.05, 0) is 103 Å². The molecule has 6 amide bonds. The lowest BCUT2D eigenvalue weighted by Gasteiger charge is -2.49. The van der Waals surface area contributed by atoms with Gasteiger partial charge in [-0.25, -0.2) is 35.9 Å². The van der Waals surface area contributed by atoms with Gasteiger partial charge in [0.2, 0.25) is 34.0 Å². The standard InChI is InChI=1S/C42H52F6N6O9/c1-36(2,3)63-35(61)54-27-13-19-41(27,47)33(59)52-25-11-17-39(25,45)31(57)50-23-9-15-37(23,43)29(55)49-24-10-16-38(24,44)30(56)51-26-12-18-40(26,46)32(58)53-28-14-20-42(28,48)34(60)62-21-22-7-5-4-6-8-22/h4-8,23-28H,9-21H2,1-3H3,(H,49,55)(H,50,57)(H,51,56)(H,52,59)(H,53,58)(H,54,61)/t23-,24-,25-,26-,27-,28-,37-,38-,39-,40-,41-,42-/m1/s1. The summed E-state index contributed by atoms with van der Waals surface area (Å²) in [6.07, 6.45) is -3.69. The average Bonchev–Trinajstić information content (AvgIpc) is 3.23. The second kappa shape index (κ2) is 16.2. The predicted octanol–water partition coefficient (Wildman–Crippen LogP) is 3.06. The summed E-state index contributed by atoms with van der Waals surface area (Å²) in [6, 6.07) is -0.496. The van der Waals surface area contributed by atoms with Crippen LogP contribution in [-0.4, -0.2) is 117 Å². The molecule has 12 atom stereocenters. The smallest absolute Gasteiger partial charge is 0.407 e. The number of alkyl carbamates (subject to hydrolysis) is 1. The number of rotatable bonds is 14. The fraction of sp³-hybridized carbons (Fsp3) is 0.690. The molecule has 6 fully saturated rings. The van der Waals surface area contributed by atoms with Crippen LogP contribution in [0.25, 0.3) is 0 Å². The van der Waals surface area contributed by atoms with Gasteiger partial charge >= 0.3 is 12.1 Å². The Kier molecular flexibility index (Phi) is 11.8. The van der Waals surface area contributed by atoms with Gasteiger partial charge in [0.1, 0.15) is 12.2 Å². The quantitative estimate of drug-likeness (QED) is 0.120. The Morgan fingerprint density at radius 2 is 0.778 bits per heavy atom. The molecule has 0 saturated heterocycles. The summed E-state index contributed by atoms with van der Waals surface area (Å²) < 4.78 is 106. The van der Waals surface area contributed by atoms with Gasteiger partial charge < -0.3 is 41.4 Å². The highest BCUT2D eigenvalue weighted by Crippen LogP contribution is 2.45.